The van der Waals surface area contributed by atoms with Gasteiger partial charge in [0.05, 0.1) is 46.2 Å². The van der Waals surface area contributed by atoms with Crippen LogP contribution in [0.25, 0.3) is 12.2 Å². The third-order valence-electron chi connectivity index (χ3n) is 5.33. The van der Waals surface area contributed by atoms with Crippen LogP contribution in [-0.4, -0.2) is 44.0 Å². The second-order valence-electron chi connectivity index (χ2n) is 7.37. The molecule has 186 valence electrons. The van der Waals surface area contributed by atoms with Gasteiger partial charge in [0.2, 0.25) is 5.75 Å². The summed E-state index contributed by atoms with van der Waals surface area (Å²) in [5.41, 5.74) is 1.74. The molecule has 3 aromatic carbocycles. The lowest BCUT2D eigenvalue weighted by Crippen LogP contribution is -2.08. The van der Waals surface area contributed by atoms with Crippen LogP contribution >= 0.6 is 0 Å². The van der Waals surface area contributed by atoms with E-state index in [2.05, 4.69) is 0 Å². The number of ether oxygens (including phenoxy) is 5. The first-order valence-electron chi connectivity index (χ1n) is 10.5. The monoisotopic (exact) mass is 502 g/mol. The van der Waals surface area contributed by atoms with Gasteiger partial charge in [-0.25, -0.2) is 12.8 Å². The molecule has 0 bridgehead atoms. The summed E-state index contributed by atoms with van der Waals surface area (Å²) in [5, 5.41) is 0. The van der Waals surface area contributed by atoms with Crippen molar-refractivity contribution in [1.29, 1.82) is 0 Å². The highest BCUT2D eigenvalue weighted by Gasteiger charge is 2.23. The van der Waals surface area contributed by atoms with Crippen LogP contribution in [0.2, 0.25) is 0 Å². The van der Waals surface area contributed by atoms with E-state index in [9.17, 15) is 12.8 Å². The van der Waals surface area contributed by atoms with Crippen molar-refractivity contribution in [2.75, 3.05) is 35.5 Å². The molecule has 0 aliphatic heterocycles. The summed E-state index contributed by atoms with van der Waals surface area (Å²) >= 11 is 0. The molecule has 0 atom stereocenters. The van der Waals surface area contributed by atoms with Crippen molar-refractivity contribution in [3.8, 4) is 28.7 Å². The molecule has 3 rings (SSSR count). The minimum atomic E-state index is -3.82. The van der Waals surface area contributed by atoms with Crippen molar-refractivity contribution >= 4 is 22.0 Å². The summed E-state index contributed by atoms with van der Waals surface area (Å²) in [6, 6.07) is 11.7. The van der Waals surface area contributed by atoms with Crippen LogP contribution in [0.15, 0.2) is 53.4 Å². The van der Waals surface area contributed by atoms with Crippen LogP contribution in [0.3, 0.4) is 0 Å². The maximum absolute atomic E-state index is 13.3. The van der Waals surface area contributed by atoms with Crippen LogP contribution in [0.4, 0.5) is 4.39 Å². The van der Waals surface area contributed by atoms with Crippen molar-refractivity contribution < 1.29 is 36.5 Å². The lowest BCUT2D eigenvalue weighted by atomic mass is 10.0. The summed E-state index contributed by atoms with van der Waals surface area (Å²) < 4.78 is 66.7. The molecular formula is C26H27FO7S. The predicted molar refractivity (Wildman–Crippen MR) is 132 cm³/mol. The number of hydrogen-bond donors (Lipinski definition) is 0. The molecule has 0 saturated carbocycles. The Kier molecular flexibility index (Phi) is 8.24. The van der Waals surface area contributed by atoms with Crippen molar-refractivity contribution in [3.63, 3.8) is 0 Å². The molecule has 0 saturated heterocycles. The number of halogens is 1. The standard InChI is InChI=1S/C26H27FO7S/c1-30-22-13-8-18(7-6-17-14-23(31-2)26(34-5)24(15-17)32-3)21(25(22)33-4)16-35(28,29)20-11-9-19(27)10-12-20/h6-15H,16H2,1-5H3/b7-6-. The van der Waals surface area contributed by atoms with Crippen LogP contribution in [-0.2, 0) is 15.6 Å². The molecule has 9 heteroatoms. The summed E-state index contributed by atoms with van der Waals surface area (Å²) in [5.74, 6) is 1.22. The number of benzene rings is 3. The quantitative estimate of drug-likeness (QED) is 0.285. The van der Waals surface area contributed by atoms with Gasteiger partial charge in [-0.15, -0.1) is 0 Å². The van der Waals surface area contributed by atoms with Crippen molar-refractivity contribution in [2.24, 2.45) is 0 Å². The smallest absolute Gasteiger partial charge is 0.203 e. The molecule has 7 nitrogen and oxygen atoms in total. The van der Waals surface area contributed by atoms with Gasteiger partial charge in [0.1, 0.15) is 5.82 Å². The maximum atomic E-state index is 13.3. The van der Waals surface area contributed by atoms with Crippen LogP contribution in [0.5, 0.6) is 28.7 Å². The van der Waals surface area contributed by atoms with E-state index >= 15 is 0 Å². The highest BCUT2D eigenvalue weighted by Crippen LogP contribution is 2.40. The molecule has 0 radical (unpaired) electrons. The molecule has 0 aliphatic rings. The van der Waals surface area contributed by atoms with Gasteiger partial charge in [-0.05, 0) is 53.6 Å². The molecule has 0 N–H and O–H groups in total. The highest BCUT2D eigenvalue weighted by molar-refractivity contribution is 7.90. The van der Waals surface area contributed by atoms with Gasteiger partial charge in [0.15, 0.2) is 32.8 Å². The summed E-state index contributed by atoms with van der Waals surface area (Å²) in [4.78, 5) is 0.00308. The molecule has 0 amide bonds. The zero-order valence-electron chi connectivity index (χ0n) is 20.1. The molecule has 0 spiro atoms. The Bertz CT molecular complexity index is 1290. The molecule has 0 heterocycles. The molecule has 0 unspecified atom stereocenters. The second kappa shape index (κ2) is 11.1. The molecule has 0 aromatic heterocycles. The summed E-state index contributed by atoms with van der Waals surface area (Å²) in [6.45, 7) is 0. The Labute approximate surface area is 204 Å². The number of methoxy groups -OCH3 is 5. The first-order valence-corrected chi connectivity index (χ1v) is 12.1. The molecular weight excluding hydrogens is 475 g/mol. The zero-order chi connectivity index (χ0) is 25.6. The Morgan fingerprint density at radius 2 is 1.29 bits per heavy atom. The average molecular weight is 503 g/mol. The molecule has 3 aromatic rings. The largest absolute Gasteiger partial charge is 0.493 e. The summed E-state index contributed by atoms with van der Waals surface area (Å²) in [7, 11) is 3.67. The third-order valence-corrected chi connectivity index (χ3v) is 6.99. The van der Waals surface area contributed by atoms with E-state index < -0.39 is 15.7 Å². The van der Waals surface area contributed by atoms with E-state index in [-0.39, 0.29) is 10.6 Å². The van der Waals surface area contributed by atoms with E-state index in [0.29, 0.717) is 39.9 Å². The van der Waals surface area contributed by atoms with E-state index in [4.69, 9.17) is 23.7 Å². The lowest BCUT2D eigenvalue weighted by Gasteiger charge is -2.16. The van der Waals surface area contributed by atoms with Gasteiger partial charge in [-0.1, -0.05) is 18.2 Å². The van der Waals surface area contributed by atoms with Crippen molar-refractivity contribution in [1.82, 2.24) is 0 Å². The van der Waals surface area contributed by atoms with Crippen LogP contribution in [0, 0.1) is 5.82 Å². The average Bonchev–Trinajstić information content (AvgIpc) is 2.86. The second-order valence-corrected chi connectivity index (χ2v) is 9.36. The third kappa shape index (κ3) is 5.68. The zero-order valence-corrected chi connectivity index (χ0v) is 20.9. The van der Waals surface area contributed by atoms with Gasteiger partial charge >= 0.3 is 0 Å². The van der Waals surface area contributed by atoms with E-state index in [1.54, 1.807) is 36.4 Å². The van der Waals surface area contributed by atoms with Gasteiger partial charge in [-0.3, -0.25) is 0 Å². The maximum Gasteiger partial charge on any atom is 0.203 e. The first kappa shape index (κ1) is 25.9. The molecule has 0 fully saturated rings. The normalized spacial score (nSPS) is 11.4. The van der Waals surface area contributed by atoms with E-state index in [0.717, 1.165) is 17.7 Å². The van der Waals surface area contributed by atoms with Gasteiger partial charge in [-0.2, -0.15) is 0 Å². The van der Waals surface area contributed by atoms with Crippen molar-refractivity contribution in [3.05, 3.63) is 71.0 Å². The van der Waals surface area contributed by atoms with Crippen LogP contribution in [0.1, 0.15) is 16.7 Å². The first-order chi connectivity index (χ1) is 16.8. The van der Waals surface area contributed by atoms with Crippen molar-refractivity contribution in [2.45, 2.75) is 10.6 Å². The Morgan fingerprint density at radius 3 is 1.80 bits per heavy atom. The molecule has 35 heavy (non-hydrogen) atoms. The van der Waals surface area contributed by atoms with Gasteiger partial charge < -0.3 is 23.7 Å². The SMILES string of the molecule is COc1cc(/C=C\c2ccc(OC)c(OC)c2CS(=O)(=O)c2ccc(F)cc2)cc(OC)c1OC. The minimum Gasteiger partial charge on any atom is -0.493 e. The Balaban J connectivity index is 2.10. The van der Waals surface area contributed by atoms with Crippen LogP contribution < -0.4 is 23.7 Å². The lowest BCUT2D eigenvalue weighted by molar-refractivity contribution is 0.324. The number of sulfone groups is 1. The summed E-state index contributed by atoms with van der Waals surface area (Å²) in [6.07, 6.45) is 3.55. The minimum absolute atomic E-state index is 0.00308. The fourth-order valence-corrected chi connectivity index (χ4v) is 5.01. The topological polar surface area (TPSA) is 80.3 Å². The number of hydrogen-bond acceptors (Lipinski definition) is 7. The number of rotatable bonds is 10. The fourth-order valence-electron chi connectivity index (χ4n) is 3.61. The Hall–Kier alpha value is -3.72. The molecule has 0 aliphatic carbocycles. The predicted octanol–water partition coefficient (Wildman–Crippen LogP) is 5.01. The van der Waals surface area contributed by atoms with Gasteiger partial charge in [0.25, 0.3) is 0 Å². The fraction of sp³-hybridized carbons (Fsp3) is 0.231. The highest BCUT2D eigenvalue weighted by atomic mass is 32.2. The van der Waals surface area contributed by atoms with E-state index in [1.165, 1.54) is 47.7 Å². The Morgan fingerprint density at radius 1 is 0.714 bits per heavy atom. The van der Waals surface area contributed by atoms with E-state index in [1.807, 2.05) is 0 Å². The van der Waals surface area contributed by atoms with Gasteiger partial charge in [0, 0.05) is 5.56 Å².